The molecule has 150 valence electrons. The summed E-state index contributed by atoms with van der Waals surface area (Å²) in [6.45, 7) is 0. The first-order valence-corrected chi connectivity index (χ1v) is 10.3. The first kappa shape index (κ1) is 22.2. The number of aliphatic hydroxyl groups excluding tert-OH is 2. The van der Waals surface area contributed by atoms with Crippen molar-refractivity contribution >= 4 is 35.2 Å². The number of carbonyl (C=O) groups is 1. The summed E-state index contributed by atoms with van der Waals surface area (Å²) in [5, 5.41) is 21.2. The van der Waals surface area contributed by atoms with Crippen LogP contribution in [0.2, 0.25) is 10.0 Å². The minimum atomic E-state index is -0.959. The third kappa shape index (κ3) is 7.11. The lowest BCUT2D eigenvalue weighted by atomic mass is 9.88. The molecule has 0 saturated heterocycles. The van der Waals surface area contributed by atoms with Crippen LogP contribution in [0.25, 0.3) is 6.08 Å². The van der Waals surface area contributed by atoms with E-state index in [0.29, 0.717) is 16.0 Å². The molecule has 0 bridgehead atoms. The summed E-state index contributed by atoms with van der Waals surface area (Å²) in [6.07, 6.45) is 8.59. The van der Waals surface area contributed by atoms with Gasteiger partial charge in [-0.3, -0.25) is 4.79 Å². The molecule has 27 heavy (non-hydrogen) atoms. The third-order valence-corrected chi connectivity index (χ3v) is 5.58. The van der Waals surface area contributed by atoms with Crippen LogP contribution in [0.15, 0.2) is 18.2 Å². The molecule has 6 heteroatoms. The normalized spacial score (nSPS) is 18.3. The Labute approximate surface area is 171 Å². The Morgan fingerprint density at radius 3 is 2.52 bits per heavy atom. The van der Waals surface area contributed by atoms with E-state index >= 15 is 0 Å². The first-order valence-electron chi connectivity index (χ1n) is 9.50. The molecule has 0 radical (unpaired) electrons. The number of carbonyl (C=O) groups excluding carboxylic acids is 1. The second-order valence-electron chi connectivity index (χ2n) is 7.18. The largest absolute Gasteiger partial charge is 0.469 e. The summed E-state index contributed by atoms with van der Waals surface area (Å²) in [4.78, 5) is 11.2. The molecule has 2 atom stereocenters. The van der Waals surface area contributed by atoms with E-state index in [0.717, 1.165) is 24.0 Å². The van der Waals surface area contributed by atoms with Crippen molar-refractivity contribution in [2.45, 2.75) is 69.5 Å². The van der Waals surface area contributed by atoms with Crippen LogP contribution < -0.4 is 0 Å². The van der Waals surface area contributed by atoms with E-state index in [2.05, 4.69) is 4.74 Å². The van der Waals surface area contributed by atoms with Crippen molar-refractivity contribution in [3.8, 4) is 0 Å². The summed E-state index contributed by atoms with van der Waals surface area (Å²) < 4.78 is 4.52. The Hall–Kier alpha value is -1.07. The van der Waals surface area contributed by atoms with Crippen molar-refractivity contribution in [3.63, 3.8) is 0 Å². The van der Waals surface area contributed by atoms with Crippen LogP contribution in [-0.4, -0.2) is 35.5 Å². The van der Waals surface area contributed by atoms with Crippen LogP contribution in [0.5, 0.6) is 0 Å². The zero-order valence-electron chi connectivity index (χ0n) is 15.7. The van der Waals surface area contributed by atoms with Crippen molar-refractivity contribution in [2.75, 3.05) is 7.11 Å². The fourth-order valence-corrected chi connectivity index (χ4v) is 4.20. The number of rotatable bonds is 7. The smallest absolute Gasteiger partial charge is 0.308 e. The number of hydrogen-bond acceptors (Lipinski definition) is 4. The van der Waals surface area contributed by atoms with Crippen LogP contribution in [0.4, 0.5) is 0 Å². The van der Waals surface area contributed by atoms with Crippen molar-refractivity contribution in [2.24, 2.45) is 0 Å². The van der Waals surface area contributed by atoms with E-state index in [1.54, 1.807) is 18.2 Å². The molecule has 2 rings (SSSR count). The van der Waals surface area contributed by atoms with Gasteiger partial charge in [-0.05, 0) is 42.0 Å². The van der Waals surface area contributed by atoms with Gasteiger partial charge < -0.3 is 14.9 Å². The molecule has 0 amide bonds. The van der Waals surface area contributed by atoms with Crippen LogP contribution in [0.3, 0.4) is 0 Å². The molecule has 0 aromatic heterocycles. The van der Waals surface area contributed by atoms with Gasteiger partial charge in [-0.25, -0.2) is 0 Å². The summed E-state index contributed by atoms with van der Waals surface area (Å²) in [5.74, 6) is -0.0968. The van der Waals surface area contributed by atoms with Gasteiger partial charge in [-0.1, -0.05) is 61.0 Å². The summed E-state index contributed by atoms with van der Waals surface area (Å²) in [5.41, 5.74) is 1.99. The van der Waals surface area contributed by atoms with Crippen molar-refractivity contribution in [1.29, 1.82) is 0 Å². The predicted molar refractivity (Wildman–Crippen MR) is 109 cm³/mol. The lowest BCUT2D eigenvalue weighted by molar-refractivity contribution is -0.143. The Kier molecular flexibility index (Phi) is 9.10. The van der Waals surface area contributed by atoms with E-state index in [-0.39, 0.29) is 12.8 Å². The Bertz CT molecular complexity index is 652. The summed E-state index contributed by atoms with van der Waals surface area (Å²) in [6, 6.07) is 3.68. The number of hydrogen-bond donors (Lipinski definition) is 2. The molecule has 4 nitrogen and oxygen atoms in total. The monoisotopic (exact) mass is 414 g/mol. The molecular formula is C21H28Cl2O4. The zero-order chi connectivity index (χ0) is 19.8. The molecule has 1 fully saturated rings. The minimum Gasteiger partial charge on any atom is -0.469 e. The highest BCUT2D eigenvalue weighted by Gasteiger charge is 2.20. The Balaban J connectivity index is 2.14. The number of methoxy groups -OCH3 is 1. The standard InChI is InChI=1S/C21H28Cl2O4/c1-27-21(26)13-17(25)12-16(24)8-9-18-19(10-15(22)11-20(18)23)14-6-4-2-3-5-7-14/h8-11,14,16-17,24-25H,2-7,12-13H2,1H3. The average molecular weight is 415 g/mol. The van der Waals surface area contributed by atoms with E-state index in [1.165, 1.54) is 32.8 Å². The maximum Gasteiger partial charge on any atom is 0.308 e. The van der Waals surface area contributed by atoms with E-state index in [9.17, 15) is 15.0 Å². The Morgan fingerprint density at radius 1 is 1.22 bits per heavy atom. The van der Waals surface area contributed by atoms with Crippen LogP contribution in [0.1, 0.15) is 68.4 Å². The topological polar surface area (TPSA) is 66.8 Å². The molecule has 0 spiro atoms. The molecule has 0 heterocycles. The summed E-state index contributed by atoms with van der Waals surface area (Å²) >= 11 is 12.7. The maximum absolute atomic E-state index is 11.2. The number of aliphatic hydroxyl groups is 2. The van der Waals surface area contributed by atoms with Gasteiger partial charge in [0, 0.05) is 16.5 Å². The van der Waals surface area contributed by atoms with Gasteiger partial charge >= 0.3 is 5.97 Å². The van der Waals surface area contributed by atoms with Crippen LogP contribution >= 0.6 is 23.2 Å². The van der Waals surface area contributed by atoms with Crippen molar-refractivity contribution in [1.82, 2.24) is 0 Å². The third-order valence-electron chi connectivity index (χ3n) is 5.05. The number of benzene rings is 1. The molecular weight excluding hydrogens is 387 g/mol. The SMILES string of the molecule is COC(=O)CC(O)CC(O)C=Cc1c(Cl)cc(Cl)cc1C1CCCCCC1. The average Bonchev–Trinajstić information content (AvgIpc) is 2.89. The van der Waals surface area contributed by atoms with E-state index in [4.69, 9.17) is 23.2 Å². The highest BCUT2D eigenvalue weighted by molar-refractivity contribution is 6.35. The van der Waals surface area contributed by atoms with E-state index in [1.807, 2.05) is 6.07 Å². The second kappa shape index (κ2) is 11.1. The van der Waals surface area contributed by atoms with Crippen molar-refractivity contribution < 1.29 is 19.7 Å². The second-order valence-corrected chi connectivity index (χ2v) is 8.02. The molecule has 1 aliphatic rings. The van der Waals surface area contributed by atoms with Gasteiger partial charge in [0.05, 0.1) is 25.7 Å². The molecule has 1 aliphatic carbocycles. The van der Waals surface area contributed by atoms with Gasteiger partial charge in [0.1, 0.15) is 0 Å². The predicted octanol–water partition coefficient (Wildman–Crippen LogP) is 5.12. The van der Waals surface area contributed by atoms with Gasteiger partial charge in [0.15, 0.2) is 0 Å². The number of esters is 1. The van der Waals surface area contributed by atoms with Gasteiger partial charge in [-0.15, -0.1) is 0 Å². The highest BCUT2D eigenvalue weighted by Crippen LogP contribution is 2.38. The van der Waals surface area contributed by atoms with E-state index < -0.39 is 18.2 Å². The molecule has 1 saturated carbocycles. The molecule has 0 aliphatic heterocycles. The zero-order valence-corrected chi connectivity index (χ0v) is 17.2. The van der Waals surface area contributed by atoms with Crippen LogP contribution in [0, 0.1) is 0 Å². The number of ether oxygens (including phenoxy) is 1. The van der Waals surface area contributed by atoms with Crippen LogP contribution in [-0.2, 0) is 9.53 Å². The molecule has 1 aromatic carbocycles. The first-order chi connectivity index (χ1) is 12.9. The van der Waals surface area contributed by atoms with Gasteiger partial charge in [0.2, 0.25) is 0 Å². The molecule has 2 unspecified atom stereocenters. The van der Waals surface area contributed by atoms with Gasteiger partial charge in [0.25, 0.3) is 0 Å². The Morgan fingerprint density at radius 2 is 1.89 bits per heavy atom. The fraction of sp³-hybridized carbons (Fsp3) is 0.571. The summed E-state index contributed by atoms with van der Waals surface area (Å²) in [7, 11) is 1.27. The lowest BCUT2D eigenvalue weighted by Gasteiger charge is -2.19. The van der Waals surface area contributed by atoms with Crippen molar-refractivity contribution in [3.05, 3.63) is 39.4 Å². The molecule has 1 aromatic rings. The quantitative estimate of drug-likeness (QED) is 0.479. The fourth-order valence-electron chi connectivity index (χ4n) is 3.63. The highest BCUT2D eigenvalue weighted by atomic mass is 35.5. The molecule has 2 N–H and O–H groups in total. The minimum absolute atomic E-state index is 0.0512. The maximum atomic E-state index is 11.2. The lowest BCUT2D eigenvalue weighted by Crippen LogP contribution is -2.20. The van der Waals surface area contributed by atoms with Gasteiger partial charge in [-0.2, -0.15) is 0 Å². The number of halogens is 2.